The van der Waals surface area contributed by atoms with Crippen molar-refractivity contribution in [3.05, 3.63) is 34.8 Å². The summed E-state index contributed by atoms with van der Waals surface area (Å²) in [6.07, 6.45) is 3.79. The number of hydrogen-bond donors (Lipinski definition) is 2. The number of carbonyl (C=O) groups is 1. The lowest BCUT2D eigenvalue weighted by Crippen LogP contribution is -2.25. The van der Waals surface area contributed by atoms with Crippen molar-refractivity contribution in [2.75, 3.05) is 17.7 Å². The molecular weight excluding hydrogens is 262 g/mol. The third-order valence-corrected chi connectivity index (χ3v) is 3.31. The standard InChI is InChI=1S/C13H11N3O2S/c14-13-15-9(7-19-13)3-1-8-2-4-11-10(5-8)16-12(17)6-18-11/h1-5,7H,6H2,(H2,14,15)(H,16,17). The average Bonchev–Trinajstić information content (AvgIpc) is 2.81. The second-order valence-corrected chi connectivity index (χ2v) is 4.93. The molecule has 0 unspecified atom stereocenters. The predicted octanol–water partition coefficient (Wildman–Crippen LogP) is 2.23. The van der Waals surface area contributed by atoms with Gasteiger partial charge in [-0.3, -0.25) is 4.79 Å². The number of carbonyl (C=O) groups excluding carboxylic acids is 1. The monoisotopic (exact) mass is 273 g/mol. The van der Waals surface area contributed by atoms with E-state index in [1.165, 1.54) is 11.3 Å². The number of benzene rings is 1. The van der Waals surface area contributed by atoms with Crippen LogP contribution in [-0.2, 0) is 4.79 Å². The van der Waals surface area contributed by atoms with Gasteiger partial charge in [-0.05, 0) is 23.8 Å². The van der Waals surface area contributed by atoms with Gasteiger partial charge in [0, 0.05) is 5.38 Å². The fourth-order valence-corrected chi connectivity index (χ4v) is 2.29. The summed E-state index contributed by atoms with van der Waals surface area (Å²) in [5, 5.41) is 5.20. The van der Waals surface area contributed by atoms with Gasteiger partial charge in [0.2, 0.25) is 0 Å². The Bertz CT molecular complexity index is 664. The topological polar surface area (TPSA) is 77.2 Å². The maximum Gasteiger partial charge on any atom is 0.262 e. The Morgan fingerprint density at radius 3 is 3.11 bits per heavy atom. The highest BCUT2D eigenvalue weighted by Gasteiger charge is 2.15. The number of nitrogen functional groups attached to an aromatic ring is 1. The van der Waals surface area contributed by atoms with E-state index < -0.39 is 0 Å². The largest absolute Gasteiger partial charge is 0.482 e. The summed E-state index contributed by atoms with van der Waals surface area (Å²) in [5.41, 5.74) is 8.03. The lowest BCUT2D eigenvalue weighted by atomic mass is 10.1. The molecule has 3 rings (SSSR count). The molecule has 5 nitrogen and oxygen atoms in total. The molecule has 19 heavy (non-hydrogen) atoms. The van der Waals surface area contributed by atoms with Crippen molar-refractivity contribution in [1.82, 2.24) is 4.98 Å². The Labute approximate surface area is 113 Å². The van der Waals surface area contributed by atoms with E-state index in [-0.39, 0.29) is 12.5 Å². The minimum absolute atomic E-state index is 0.0697. The number of thiazole rings is 1. The number of fused-ring (bicyclic) bond motifs is 1. The molecule has 6 heteroatoms. The molecule has 1 amide bonds. The Morgan fingerprint density at radius 1 is 1.42 bits per heavy atom. The molecular formula is C13H11N3O2S. The minimum atomic E-state index is -0.138. The van der Waals surface area contributed by atoms with Crippen LogP contribution in [0.5, 0.6) is 5.75 Å². The quantitative estimate of drug-likeness (QED) is 0.879. The summed E-state index contributed by atoms with van der Waals surface area (Å²) in [4.78, 5) is 15.4. The van der Waals surface area contributed by atoms with Crippen molar-refractivity contribution in [2.45, 2.75) is 0 Å². The summed E-state index contributed by atoms with van der Waals surface area (Å²) >= 11 is 1.40. The summed E-state index contributed by atoms with van der Waals surface area (Å²) in [5.74, 6) is 0.551. The van der Waals surface area contributed by atoms with Crippen LogP contribution < -0.4 is 15.8 Å². The van der Waals surface area contributed by atoms with Crippen molar-refractivity contribution >= 4 is 40.2 Å². The predicted molar refractivity (Wildman–Crippen MR) is 76.0 cm³/mol. The van der Waals surface area contributed by atoms with Crippen LogP contribution >= 0.6 is 11.3 Å². The molecule has 2 aromatic rings. The van der Waals surface area contributed by atoms with Gasteiger partial charge in [-0.25, -0.2) is 4.98 Å². The molecule has 2 heterocycles. The summed E-state index contributed by atoms with van der Waals surface area (Å²) in [7, 11) is 0. The molecule has 0 saturated heterocycles. The normalized spacial score (nSPS) is 14.0. The van der Waals surface area contributed by atoms with Gasteiger partial charge in [-0.15, -0.1) is 11.3 Å². The molecule has 0 fully saturated rings. The van der Waals surface area contributed by atoms with Gasteiger partial charge >= 0.3 is 0 Å². The highest BCUT2D eigenvalue weighted by atomic mass is 32.1. The maximum absolute atomic E-state index is 11.2. The van der Waals surface area contributed by atoms with E-state index in [1.807, 2.05) is 35.7 Å². The summed E-state index contributed by atoms with van der Waals surface area (Å²) in [6.45, 7) is 0.0697. The zero-order chi connectivity index (χ0) is 13.2. The summed E-state index contributed by atoms with van der Waals surface area (Å²) < 4.78 is 5.29. The number of hydrogen-bond acceptors (Lipinski definition) is 5. The molecule has 96 valence electrons. The van der Waals surface area contributed by atoms with Gasteiger partial charge in [0.25, 0.3) is 5.91 Å². The highest BCUT2D eigenvalue weighted by Crippen LogP contribution is 2.29. The fraction of sp³-hybridized carbons (Fsp3) is 0.0769. The molecule has 0 saturated carbocycles. The van der Waals surface area contributed by atoms with E-state index in [9.17, 15) is 4.79 Å². The molecule has 1 aromatic carbocycles. The van der Waals surface area contributed by atoms with E-state index in [4.69, 9.17) is 10.5 Å². The molecule has 0 bridgehead atoms. The average molecular weight is 273 g/mol. The fourth-order valence-electron chi connectivity index (χ4n) is 1.76. The number of anilines is 2. The molecule has 0 radical (unpaired) electrons. The Balaban J connectivity index is 1.84. The van der Waals surface area contributed by atoms with E-state index in [0.717, 1.165) is 11.3 Å². The smallest absolute Gasteiger partial charge is 0.262 e. The van der Waals surface area contributed by atoms with Crippen molar-refractivity contribution in [3.8, 4) is 5.75 Å². The first kappa shape index (κ1) is 11.7. The third kappa shape index (κ3) is 2.58. The van der Waals surface area contributed by atoms with Crippen LogP contribution in [0.15, 0.2) is 23.6 Å². The van der Waals surface area contributed by atoms with Gasteiger partial charge < -0.3 is 15.8 Å². The first-order valence-electron chi connectivity index (χ1n) is 5.66. The van der Waals surface area contributed by atoms with Crippen molar-refractivity contribution < 1.29 is 9.53 Å². The maximum atomic E-state index is 11.2. The van der Waals surface area contributed by atoms with Crippen LogP contribution in [0.25, 0.3) is 12.2 Å². The van der Waals surface area contributed by atoms with Gasteiger partial charge in [-0.1, -0.05) is 12.1 Å². The van der Waals surface area contributed by atoms with Crippen LogP contribution in [-0.4, -0.2) is 17.5 Å². The number of rotatable bonds is 2. The van der Waals surface area contributed by atoms with Gasteiger partial charge in [0.1, 0.15) is 5.75 Å². The Morgan fingerprint density at radius 2 is 2.32 bits per heavy atom. The van der Waals surface area contributed by atoms with Gasteiger partial charge in [0.05, 0.1) is 11.4 Å². The van der Waals surface area contributed by atoms with Gasteiger partial charge in [0.15, 0.2) is 11.7 Å². The molecule has 0 atom stereocenters. The van der Waals surface area contributed by atoms with Crippen molar-refractivity contribution in [1.29, 1.82) is 0 Å². The first-order valence-corrected chi connectivity index (χ1v) is 6.54. The number of aromatic nitrogens is 1. The third-order valence-electron chi connectivity index (χ3n) is 2.62. The highest BCUT2D eigenvalue weighted by molar-refractivity contribution is 7.13. The van der Waals surface area contributed by atoms with Crippen LogP contribution in [0.4, 0.5) is 10.8 Å². The number of nitrogens with two attached hydrogens (primary N) is 1. The number of nitrogens with zero attached hydrogens (tertiary/aromatic N) is 1. The minimum Gasteiger partial charge on any atom is -0.482 e. The van der Waals surface area contributed by atoms with Gasteiger partial charge in [-0.2, -0.15) is 0 Å². The van der Waals surface area contributed by atoms with E-state index >= 15 is 0 Å². The van der Waals surface area contributed by atoms with E-state index in [2.05, 4.69) is 10.3 Å². The number of nitrogens with one attached hydrogen (secondary N) is 1. The second-order valence-electron chi connectivity index (χ2n) is 4.04. The second kappa shape index (κ2) is 4.74. The molecule has 0 spiro atoms. The zero-order valence-corrected chi connectivity index (χ0v) is 10.7. The van der Waals surface area contributed by atoms with Crippen LogP contribution in [0, 0.1) is 0 Å². The van der Waals surface area contributed by atoms with Crippen molar-refractivity contribution in [2.24, 2.45) is 0 Å². The Hall–Kier alpha value is -2.34. The van der Waals surface area contributed by atoms with E-state index in [1.54, 1.807) is 0 Å². The zero-order valence-electron chi connectivity index (χ0n) is 9.92. The molecule has 1 aliphatic rings. The van der Waals surface area contributed by atoms with Crippen LogP contribution in [0.3, 0.4) is 0 Å². The van der Waals surface area contributed by atoms with Crippen LogP contribution in [0.1, 0.15) is 11.3 Å². The molecule has 3 N–H and O–H groups in total. The molecule has 1 aromatic heterocycles. The molecule has 0 aliphatic carbocycles. The lowest BCUT2D eigenvalue weighted by Gasteiger charge is -2.17. The SMILES string of the molecule is Nc1nc(C=Cc2ccc3c(c2)NC(=O)CO3)cs1. The van der Waals surface area contributed by atoms with E-state index in [0.29, 0.717) is 16.6 Å². The van der Waals surface area contributed by atoms with Crippen molar-refractivity contribution in [3.63, 3.8) is 0 Å². The Kier molecular flexibility index (Phi) is 2.92. The lowest BCUT2D eigenvalue weighted by molar-refractivity contribution is -0.118. The van der Waals surface area contributed by atoms with Crippen LogP contribution in [0.2, 0.25) is 0 Å². The number of ether oxygens (including phenoxy) is 1. The first-order chi connectivity index (χ1) is 9.20. The number of amides is 1. The summed E-state index contributed by atoms with van der Waals surface area (Å²) in [6, 6.07) is 5.62. The molecule has 1 aliphatic heterocycles.